The number of methoxy groups -OCH3 is 2. The summed E-state index contributed by atoms with van der Waals surface area (Å²) in [6, 6.07) is 0. The monoisotopic (exact) mass is 276 g/mol. The van der Waals surface area contributed by atoms with Gasteiger partial charge in [0.25, 0.3) is 6.43 Å². The third kappa shape index (κ3) is 3.12. The van der Waals surface area contributed by atoms with Gasteiger partial charge in [0.05, 0.1) is 26.2 Å². The molecule has 7 nitrogen and oxygen atoms in total. The molecule has 0 unspecified atom stereocenters. The second-order valence-corrected chi connectivity index (χ2v) is 3.36. The maximum atomic E-state index is 13.0. The zero-order chi connectivity index (χ0) is 14.6. The van der Waals surface area contributed by atoms with Crippen LogP contribution in [0.2, 0.25) is 0 Å². The normalized spacial score (nSPS) is 10.4. The second kappa shape index (κ2) is 6.03. The number of hydrogen-bond acceptors (Lipinski definition) is 6. The Morgan fingerprint density at radius 3 is 2.58 bits per heavy atom. The van der Waals surface area contributed by atoms with Crippen LogP contribution in [0, 0.1) is 10.1 Å². The van der Waals surface area contributed by atoms with Gasteiger partial charge in [-0.25, -0.2) is 8.78 Å². The molecule has 9 heteroatoms. The van der Waals surface area contributed by atoms with Crippen LogP contribution in [-0.4, -0.2) is 30.1 Å². The molecular formula is C10H10F2N2O5. The van der Waals surface area contributed by atoms with E-state index in [0.29, 0.717) is 0 Å². The van der Waals surface area contributed by atoms with Crippen LogP contribution in [0.3, 0.4) is 0 Å². The predicted molar refractivity (Wildman–Crippen MR) is 58.1 cm³/mol. The summed E-state index contributed by atoms with van der Waals surface area (Å²) >= 11 is 0. The molecule has 0 N–H and O–H groups in total. The van der Waals surface area contributed by atoms with Gasteiger partial charge in [-0.15, -0.1) is 0 Å². The van der Waals surface area contributed by atoms with Gasteiger partial charge in [0.1, 0.15) is 6.20 Å². The molecule has 19 heavy (non-hydrogen) atoms. The molecular weight excluding hydrogens is 266 g/mol. The molecule has 1 heterocycles. The van der Waals surface area contributed by atoms with Crippen LogP contribution in [0.15, 0.2) is 6.20 Å². The summed E-state index contributed by atoms with van der Waals surface area (Å²) < 4.78 is 35.0. The Balaban J connectivity index is 3.41. The summed E-state index contributed by atoms with van der Waals surface area (Å²) in [6.45, 7) is 0. The first-order valence-electron chi connectivity index (χ1n) is 4.97. The fourth-order valence-corrected chi connectivity index (χ4v) is 1.47. The Kier molecular flexibility index (Phi) is 4.67. The van der Waals surface area contributed by atoms with Gasteiger partial charge in [0, 0.05) is 5.56 Å². The van der Waals surface area contributed by atoms with Crippen LogP contribution in [0.4, 0.5) is 14.6 Å². The number of pyridine rings is 1. The van der Waals surface area contributed by atoms with E-state index in [4.69, 9.17) is 0 Å². The van der Waals surface area contributed by atoms with Crippen LogP contribution in [-0.2, 0) is 16.0 Å². The van der Waals surface area contributed by atoms with Gasteiger partial charge in [0.15, 0.2) is 0 Å². The lowest BCUT2D eigenvalue weighted by Crippen LogP contribution is -2.10. The Morgan fingerprint density at radius 1 is 1.53 bits per heavy atom. The smallest absolute Gasteiger partial charge is 0.406 e. The SMILES string of the molecule is COC(=O)Cc1cnc([N+](=O)[O-])c(OC)c1C(F)F. The fraction of sp³-hybridized carbons (Fsp3) is 0.400. The lowest BCUT2D eigenvalue weighted by atomic mass is 10.1. The van der Waals surface area contributed by atoms with Crippen molar-refractivity contribution in [2.75, 3.05) is 14.2 Å². The first-order chi connectivity index (χ1) is 8.92. The molecule has 0 fully saturated rings. The van der Waals surface area contributed by atoms with E-state index >= 15 is 0 Å². The van der Waals surface area contributed by atoms with Crippen molar-refractivity contribution in [1.82, 2.24) is 4.98 Å². The first-order valence-corrected chi connectivity index (χ1v) is 4.97. The van der Waals surface area contributed by atoms with Crippen molar-refractivity contribution in [1.29, 1.82) is 0 Å². The average molecular weight is 276 g/mol. The summed E-state index contributed by atoms with van der Waals surface area (Å²) in [5.41, 5.74) is -0.904. The number of ether oxygens (including phenoxy) is 2. The van der Waals surface area contributed by atoms with Crippen molar-refractivity contribution < 1.29 is 28.0 Å². The van der Waals surface area contributed by atoms with E-state index in [9.17, 15) is 23.7 Å². The summed E-state index contributed by atoms with van der Waals surface area (Å²) in [6.07, 6.45) is -2.67. The van der Waals surface area contributed by atoms with Gasteiger partial charge in [-0.05, 0) is 9.91 Å². The number of alkyl halides is 2. The number of carbonyl (C=O) groups is 1. The summed E-state index contributed by atoms with van der Waals surface area (Å²) in [5, 5.41) is 10.7. The topological polar surface area (TPSA) is 91.6 Å². The van der Waals surface area contributed by atoms with E-state index in [1.807, 2.05) is 0 Å². The second-order valence-electron chi connectivity index (χ2n) is 3.36. The Labute approximate surface area is 106 Å². The molecule has 1 aromatic heterocycles. The highest BCUT2D eigenvalue weighted by Gasteiger charge is 2.30. The van der Waals surface area contributed by atoms with Gasteiger partial charge in [-0.1, -0.05) is 0 Å². The highest BCUT2D eigenvalue weighted by molar-refractivity contribution is 5.73. The Hall–Kier alpha value is -2.32. The maximum absolute atomic E-state index is 13.0. The lowest BCUT2D eigenvalue weighted by molar-refractivity contribution is -0.390. The molecule has 0 aliphatic carbocycles. The fourth-order valence-electron chi connectivity index (χ4n) is 1.47. The van der Waals surface area contributed by atoms with Crippen molar-refractivity contribution in [2.24, 2.45) is 0 Å². The van der Waals surface area contributed by atoms with Gasteiger partial charge < -0.3 is 19.6 Å². The van der Waals surface area contributed by atoms with Crippen molar-refractivity contribution in [3.63, 3.8) is 0 Å². The minimum atomic E-state index is -3.05. The molecule has 0 amide bonds. The molecule has 0 radical (unpaired) electrons. The molecule has 1 aromatic rings. The van der Waals surface area contributed by atoms with Crippen molar-refractivity contribution in [3.8, 4) is 5.75 Å². The van der Waals surface area contributed by atoms with Gasteiger partial charge in [-0.2, -0.15) is 0 Å². The van der Waals surface area contributed by atoms with E-state index < -0.39 is 40.9 Å². The molecule has 0 aromatic carbocycles. The molecule has 104 valence electrons. The largest absolute Gasteiger partial charge is 0.489 e. The summed E-state index contributed by atoms with van der Waals surface area (Å²) in [4.78, 5) is 24.3. The molecule has 0 spiro atoms. The van der Waals surface area contributed by atoms with E-state index in [1.54, 1.807) is 0 Å². The highest BCUT2D eigenvalue weighted by Crippen LogP contribution is 2.37. The molecule has 0 atom stereocenters. The highest BCUT2D eigenvalue weighted by atomic mass is 19.3. The van der Waals surface area contributed by atoms with Crippen LogP contribution in [0.1, 0.15) is 17.6 Å². The number of nitro groups is 1. The number of rotatable bonds is 5. The van der Waals surface area contributed by atoms with E-state index in [1.165, 1.54) is 0 Å². The van der Waals surface area contributed by atoms with Crippen LogP contribution in [0.5, 0.6) is 5.75 Å². The molecule has 0 bridgehead atoms. The summed E-state index contributed by atoms with van der Waals surface area (Å²) in [5.74, 6) is -2.24. The van der Waals surface area contributed by atoms with Crippen LogP contribution in [0.25, 0.3) is 0 Å². The van der Waals surface area contributed by atoms with E-state index in [-0.39, 0.29) is 5.56 Å². The minimum Gasteiger partial charge on any atom is -0.489 e. The quantitative estimate of drug-likeness (QED) is 0.461. The molecule has 0 saturated carbocycles. The lowest BCUT2D eigenvalue weighted by Gasteiger charge is -2.11. The van der Waals surface area contributed by atoms with Crippen molar-refractivity contribution in [2.45, 2.75) is 12.8 Å². The zero-order valence-corrected chi connectivity index (χ0v) is 10.1. The van der Waals surface area contributed by atoms with Gasteiger partial charge in [0.2, 0.25) is 5.75 Å². The number of halogens is 2. The van der Waals surface area contributed by atoms with Crippen LogP contribution >= 0.6 is 0 Å². The number of aromatic nitrogens is 1. The number of nitrogens with zero attached hydrogens (tertiary/aromatic N) is 2. The first kappa shape index (κ1) is 14.7. The molecule has 0 aliphatic heterocycles. The van der Waals surface area contributed by atoms with Gasteiger partial charge >= 0.3 is 11.8 Å². The molecule has 0 saturated heterocycles. The zero-order valence-electron chi connectivity index (χ0n) is 10.1. The summed E-state index contributed by atoms with van der Waals surface area (Å²) in [7, 11) is 2.11. The van der Waals surface area contributed by atoms with Crippen LogP contribution < -0.4 is 4.74 Å². The maximum Gasteiger partial charge on any atom is 0.406 e. The number of hydrogen-bond donors (Lipinski definition) is 0. The Morgan fingerprint density at radius 2 is 2.16 bits per heavy atom. The molecule has 0 aliphatic rings. The van der Waals surface area contributed by atoms with Crippen molar-refractivity contribution in [3.05, 3.63) is 27.4 Å². The number of esters is 1. The Bertz CT molecular complexity index is 507. The number of carbonyl (C=O) groups excluding carboxylic acids is 1. The average Bonchev–Trinajstić information content (AvgIpc) is 2.36. The third-order valence-electron chi connectivity index (χ3n) is 2.29. The van der Waals surface area contributed by atoms with Gasteiger partial charge in [-0.3, -0.25) is 4.79 Å². The van der Waals surface area contributed by atoms with E-state index in [2.05, 4.69) is 14.5 Å². The van der Waals surface area contributed by atoms with Crippen molar-refractivity contribution >= 4 is 11.8 Å². The molecule has 1 rings (SSSR count). The third-order valence-corrected chi connectivity index (χ3v) is 2.29. The minimum absolute atomic E-state index is 0.177. The van der Waals surface area contributed by atoms with E-state index in [0.717, 1.165) is 20.4 Å². The predicted octanol–water partition coefficient (Wildman–Crippen LogP) is 1.65. The standard InChI is InChI=1S/C10H10F2N2O5/c1-18-6(15)3-5-4-13-10(14(16)17)8(19-2)7(5)9(11)12/h4,9H,3H2,1-2H3.